The number of rotatable bonds is 6. The lowest BCUT2D eigenvalue weighted by Crippen LogP contribution is -2.24. The number of carbonyl (C=O) groups excluding carboxylic acids is 1. The molecule has 0 radical (unpaired) electrons. The van der Waals surface area contributed by atoms with Gasteiger partial charge in [-0.1, -0.05) is 0 Å². The molecule has 2 aromatic rings. The van der Waals surface area contributed by atoms with E-state index in [0.717, 1.165) is 18.6 Å². The molecule has 0 aromatic carbocycles. The largest absolute Gasteiger partial charge is 0.396 e. The van der Waals surface area contributed by atoms with E-state index in [4.69, 9.17) is 5.73 Å². The van der Waals surface area contributed by atoms with Crippen molar-refractivity contribution in [2.24, 2.45) is 0 Å². The SMILES string of the molecule is CSCCCCNC(=O)c1sc2nccnc2c1N. The molecule has 0 saturated heterocycles. The average Bonchev–Trinajstić information content (AvgIpc) is 2.76. The van der Waals surface area contributed by atoms with Crippen molar-refractivity contribution >= 4 is 45.0 Å². The van der Waals surface area contributed by atoms with Crippen LogP contribution >= 0.6 is 23.1 Å². The monoisotopic (exact) mass is 296 g/mol. The van der Waals surface area contributed by atoms with Gasteiger partial charge in [-0.25, -0.2) is 9.97 Å². The van der Waals surface area contributed by atoms with Crippen LogP contribution in [0.25, 0.3) is 10.3 Å². The van der Waals surface area contributed by atoms with Gasteiger partial charge in [-0.15, -0.1) is 11.3 Å². The summed E-state index contributed by atoms with van der Waals surface area (Å²) < 4.78 is 0. The fourth-order valence-corrected chi connectivity index (χ4v) is 3.10. The number of hydrogen-bond acceptors (Lipinski definition) is 6. The Morgan fingerprint density at radius 2 is 2.21 bits per heavy atom. The highest BCUT2D eigenvalue weighted by atomic mass is 32.2. The summed E-state index contributed by atoms with van der Waals surface area (Å²) in [5.41, 5.74) is 6.97. The summed E-state index contributed by atoms with van der Waals surface area (Å²) in [7, 11) is 0. The van der Waals surface area contributed by atoms with E-state index in [1.165, 1.54) is 11.3 Å². The molecule has 19 heavy (non-hydrogen) atoms. The molecule has 2 aromatic heterocycles. The zero-order valence-corrected chi connectivity index (χ0v) is 12.3. The predicted molar refractivity (Wildman–Crippen MR) is 81.8 cm³/mol. The van der Waals surface area contributed by atoms with Gasteiger partial charge in [-0.3, -0.25) is 4.79 Å². The van der Waals surface area contributed by atoms with Gasteiger partial charge in [-0.05, 0) is 24.9 Å². The fourth-order valence-electron chi connectivity index (χ4n) is 1.67. The Kier molecular flexibility index (Phi) is 4.98. The topological polar surface area (TPSA) is 80.9 Å². The highest BCUT2D eigenvalue weighted by Gasteiger charge is 2.17. The minimum absolute atomic E-state index is 0.133. The van der Waals surface area contributed by atoms with Crippen LogP contribution in [0.1, 0.15) is 22.5 Å². The molecule has 0 aliphatic rings. The fraction of sp³-hybridized carbons (Fsp3) is 0.417. The van der Waals surface area contributed by atoms with Crippen molar-refractivity contribution in [3.05, 3.63) is 17.3 Å². The second-order valence-corrected chi connectivity index (χ2v) is 6.00. The van der Waals surface area contributed by atoms with Gasteiger partial charge in [0.05, 0.1) is 5.69 Å². The van der Waals surface area contributed by atoms with Gasteiger partial charge >= 0.3 is 0 Å². The molecule has 0 atom stereocenters. The van der Waals surface area contributed by atoms with Crippen LogP contribution in [0.5, 0.6) is 0 Å². The molecule has 102 valence electrons. The molecule has 3 N–H and O–H groups in total. The number of nitrogens with two attached hydrogens (primary N) is 1. The van der Waals surface area contributed by atoms with E-state index in [9.17, 15) is 4.79 Å². The van der Waals surface area contributed by atoms with Gasteiger partial charge in [-0.2, -0.15) is 11.8 Å². The van der Waals surface area contributed by atoms with Gasteiger partial charge in [0.15, 0.2) is 0 Å². The molecule has 2 rings (SSSR count). The number of nitrogen functional groups attached to an aromatic ring is 1. The quantitative estimate of drug-likeness (QED) is 0.798. The number of carbonyl (C=O) groups is 1. The number of thioether (sulfide) groups is 1. The Morgan fingerprint density at radius 3 is 2.95 bits per heavy atom. The Balaban J connectivity index is 1.99. The van der Waals surface area contributed by atoms with Crippen LogP contribution in [-0.2, 0) is 0 Å². The second kappa shape index (κ2) is 6.72. The summed E-state index contributed by atoms with van der Waals surface area (Å²) in [6, 6.07) is 0. The number of thiophene rings is 1. The standard InChI is InChI=1S/C12H16N4OS2/c1-18-7-3-2-4-15-11(17)10-8(13)9-12(19-10)16-6-5-14-9/h5-6H,2-4,7,13H2,1H3,(H,15,17). The highest BCUT2D eigenvalue weighted by Crippen LogP contribution is 2.30. The molecule has 0 aliphatic heterocycles. The van der Waals surface area contributed by atoms with Crippen LogP contribution in [0.2, 0.25) is 0 Å². The highest BCUT2D eigenvalue weighted by molar-refractivity contribution is 7.98. The maximum Gasteiger partial charge on any atom is 0.263 e. The number of nitrogens with zero attached hydrogens (tertiary/aromatic N) is 2. The maximum absolute atomic E-state index is 12.0. The minimum atomic E-state index is -0.133. The number of fused-ring (bicyclic) bond motifs is 1. The number of amides is 1. The van der Waals surface area contributed by atoms with Crippen LogP contribution in [0, 0.1) is 0 Å². The number of anilines is 1. The van der Waals surface area contributed by atoms with Crippen molar-refractivity contribution in [1.82, 2.24) is 15.3 Å². The Morgan fingerprint density at radius 1 is 1.42 bits per heavy atom. The molecule has 2 heterocycles. The summed E-state index contributed by atoms with van der Waals surface area (Å²) in [6.45, 7) is 0.675. The summed E-state index contributed by atoms with van der Waals surface area (Å²) in [5.74, 6) is 0.987. The molecule has 1 amide bonds. The summed E-state index contributed by atoms with van der Waals surface area (Å²) >= 11 is 3.10. The third-order valence-electron chi connectivity index (χ3n) is 2.63. The maximum atomic E-state index is 12.0. The van der Waals surface area contributed by atoms with Gasteiger partial charge < -0.3 is 11.1 Å². The molecule has 0 aliphatic carbocycles. The van der Waals surface area contributed by atoms with Crippen LogP contribution in [0.4, 0.5) is 5.69 Å². The Bertz CT molecular complexity index is 570. The molecule has 5 nitrogen and oxygen atoms in total. The third kappa shape index (κ3) is 3.36. The molecule has 0 fully saturated rings. The van der Waals surface area contributed by atoms with Crippen LogP contribution < -0.4 is 11.1 Å². The normalized spacial score (nSPS) is 10.8. The first-order valence-corrected chi connectivity index (χ1v) is 8.21. The molecule has 0 bridgehead atoms. The summed E-state index contributed by atoms with van der Waals surface area (Å²) in [5, 5.41) is 2.89. The number of hydrogen-bond donors (Lipinski definition) is 2. The van der Waals surface area contributed by atoms with Crippen molar-refractivity contribution in [1.29, 1.82) is 0 Å². The van der Waals surface area contributed by atoms with Crippen molar-refractivity contribution in [2.75, 3.05) is 24.3 Å². The first kappa shape index (κ1) is 14.1. The third-order valence-corrected chi connectivity index (χ3v) is 4.43. The van der Waals surface area contributed by atoms with Crippen LogP contribution in [0.15, 0.2) is 12.4 Å². The van der Waals surface area contributed by atoms with Crippen molar-refractivity contribution in [3.8, 4) is 0 Å². The molecular formula is C12H16N4OS2. The number of unbranched alkanes of at least 4 members (excludes halogenated alkanes) is 1. The van der Waals surface area contributed by atoms with E-state index in [1.54, 1.807) is 12.4 Å². The molecular weight excluding hydrogens is 280 g/mol. The van der Waals surface area contributed by atoms with Crippen molar-refractivity contribution in [3.63, 3.8) is 0 Å². The van der Waals surface area contributed by atoms with Crippen molar-refractivity contribution < 1.29 is 4.79 Å². The van der Waals surface area contributed by atoms with E-state index in [0.29, 0.717) is 27.5 Å². The van der Waals surface area contributed by atoms with E-state index in [-0.39, 0.29) is 5.91 Å². The van der Waals surface area contributed by atoms with Crippen LogP contribution in [0.3, 0.4) is 0 Å². The average molecular weight is 296 g/mol. The lowest BCUT2D eigenvalue weighted by molar-refractivity contribution is 0.0958. The Hall–Kier alpha value is -1.34. The van der Waals surface area contributed by atoms with Gasteiger partial charge in [0.1, 0.15) is 15.2 Å². The van der Waals surface area contributed by atoms with E-state index in [2.05, 4.69) is 21.5 Å². The first-order valence-electron chi connectivity index (χ1n) is 6.00. The number of aromatic nitrogens is 2. The second-order valence-electron chi connectivity index (χ2n) is 4.01. The molecule has 0 spiro atoms. The molecule has 7 heteroatoms. The lowest BCUT2D eigenvalue weighted by Gasteiger charge is -2.03. The van der Waals surface area contributed by atoms with Crippen molar-refractivity contribution in [2.45, 2.75) is 12.8 Å². The van der Waals surface area contributed by atoms with Gasteiger partial charge in [0, 0.05) is 18.9 Å². The molecule has 0 saturated carbocycles. The predicted octanol–water partition coefficient (Wildman–Crippen LogP) is 2.15. The first-order chi connectivity index (χ1) is 9.24. The lowest BCUT2D eigenvalue weighted by atomic mass is 10.3. The van der Waals surface area contributed by atoms with Crippen LogP contribution in [-0.4, -0.2) is 34.4 Å². The van der Waals surface area contributed by atoms with E-state index in [1.807, 2.05) is 11.8 Å². The van der Waals surface area contributed by atoms with Gasteiger partial charge in [0.2, 0.25) is 0 Å². The Labute approximate surface area is 120 Å². The summed E-state index contributed by atoms with van der Waals surface area (Å²) in [6.07, 6.45) is 7.34. The molecule has 0 unspecified atom stereocenters. The zero-order chi connectivity index (χ0) is 13.7. The zero-order valence-electron chi connectivity index (χ0n) is 10.7. The minimum Gasteiger partial charge on any atom is -0.396 e. The summed E-state index contributed by atoms with van der Waals surface area (Å²) in [4.78, 5) is 21.5. The van der Waals surface area contributed by atoms with Gasteiger partial charge in [0.25, 0.3) is 5.91 Å². The van der Waals surface area contributed by atoms with E-state index >= 15 is 0 Å². The van der Waals surface area contributed by atoms with E-state index < -0.39 is 0 Å². The smallest absolute Gasteiger partial charge is 0.263 e. The number of nitrogens with one attached hydrogen (secondary N) is 1.